The molecule has 0 saturated carbocycles. The molecule has 0 N–H and O–H groups in total. The summed E-state index contributed by atoms with van der Waals surface area (Å²) >= 11 is 3.36. The number of rotatable bonds is 6. The lowest BCUT2D eigenvalue weighted by Crippen LogP contribution is -2.22. The summed E-state index contributed by atoms with van der Waals surface area (Å²) in [6.45, 7) is 12.6. The van der Waals surface area contributed by atoms with Crippen molar-refractivity contribution in [2.75, 3.05) is 6.61 Å². The minimum atomic E-state index is -1.16. The topological polar surface area (TPSA) is 27.1 Å². The van der Waals surface area contributed by atoms with Gasteiger partial charge in [0.2, 0.25) is 0 Å². The molecule has 0 fully saturated rings. The second kappa shape index (κ2) is 8.79. The van der Waals surface area contributed by atoms with E-state index in [1.54, 1.807) is 6.07 Å². The van der Waals surface area contributed by atoms with Crippen molar-refractivity contribution in [3.63, 3.8) is 0 Å². The molecule has 0 aliphatic heterocycles. The summed E-state index contributed by atoms with van der Waals surface area (Å²) in [5, 5.41) is 5.85. The molecule has 1 heterocycles. The van der Waals surface area contributed by atoms with E-state index in [0.29, 0.717) is 23.7 Å². The molecule has 1 aromatic heterocycles. The van der Waals surface area contributed by atoms with E-state index in [2.05, 4.69) is 61.6 Å². The molecule has 0 amide bonds. The lowest BCUT2D eigenvalue weighted by Gasteiger charge is -2.24. The van der Waals surface area contributed by atoms with Crippen molar-refractivity contribution in [3.8, 4) is 11.3 Å². The highest BCUT2D eigenvalue weighted by atomic mass is 79.9. The Morgan fingerprint density at radius 1 is 1.23 bits per heavy atom. The third kappa shape index (κ3) is 4.96. The number of aromatic nitrogens is 2. The van der Waals surface area contributed by atoms with Gasteiger partial charge in [0.1, 0.15) is 18.2 Å². The van der Waals surface area contributed by atoms with Crippen LogP contribution in [0.15, 0.2) is 28.7 Å². The Labute approximate surface area is 194 Å². The Kier molecular flexibility index (Phi) is 6.43. The fourth-order valence-corrected chi connectivity index (χ4v) is 5.54. The molecule has 3 aromatic rings. The third-order valence-corrected chi connectivity index (χ3v) is 8.61. The normalized spacial score (nSPS) is 16.7. The molecular formula is C25H32BrFN2OSi. The Morgan fingerprint density at radius 2 is 2.00 bits per heavy atom. The van der Waals surface area contributed by atoms with Crippen LogP contribution in [0.3, 0.4) is 0 Å². The zero-order valence-electron chi connectivity index (χ0n) is 19.2. The van der Waals surface area contributed by atoms with Crippen LogP contribution < -0.4 is 0 Å². The van der Waals surface area contributed by atoms with E-state index in [0.717, 1.165) is 41.0 Å². The molecule has 31 heavy (non-hydrogen) atoms. The Balaban J connectivity index is 1.73. The van der Waals surface area contributed by atoms with Crippen LogP contribution in [0.2, 0.25) is 25.7 Å². The summed E-state index contributed by atoms with van der Waals surface area (Å²) in [7, 11) is -1.16. The van der Waals surface area contributed by atoms with Crippen molar-refractivity contribution >= 4 is 34.9 Å². The predicted molar refractivity (Wildman–Crippen MR) is 133 cm³/mol. The van der Waals surface area contributed by atoms with Crippen molar-refractivity contribution in [1.29, 1.82) is 0 Å². The number of ether oxygens (including phenoxy) is 1. The van der Waals surface area contributed by atoms with Gasteiger partial charge in [-0.05, 0) is 89.0 Å². The van der Waals surface area contributed by atoms with Crippen LogP contribution in [0, 0.1) is 18.7 Å². The van der Waals surface area contributed by atoms with E-state index in [4.69, 9.17) is 9.84 Å². The number of aryl methyl sites for hydroxylation is 1. The number of hydrogen-bond donors (Lipinski definition) is 0. The van der Waals surface area contributed by atoms with Crippen LogP contribution in [0.1, 0.15) is 30.0 Å². The smallest absolute Gasteiger partial charge is 0.140 e. The zero-order valence-corrected chi connectivity index (χ0v) is 21.8. The molecule has 0 saturated heterocycles. The van der Waals surface area contributed by atoms with Crippen LogP contribution in [0.4, 0.5) is 4.39 Å². The first-order chi connectivity index (χ1) is 14.6. The zero-order chi connectivity index (χ0) is 22.3. The largest absolute Gasteiger partial charge is 0.360 e. The Morgan fingerprint density at radius 3 is 2.74 bits per heavy atom. The number of nitrogens with zero attached hydrogens (tertiary/aromatic N) is 2. The monoisotopic (exact) mass is 502 g/mol. The van der Waals surface area contributed by atoms with Gasteiger partial charge in [0.15, 0.2) is 0 Å². The molecule has 3 nitrogen and oxygen atoms in total. The molecule has 2 aromatic carbocycles. The van der Waals surface area contributed by atoms with Gasteiger partial charge in [-0.3, -0.25) is 0 Å². The van der Waals surface area contributed by atoms with Crippen LogP contribution in [0.5, 0.6) is 0 Å². The minimum Gasteiger partial charge on any atom is -0.360 e. The van der Waals surface area contributed by atoms with Crippen molar-refractivity contribution < 1.29 is 9.13 Å². The first-order valence-corrected chi connectivity index (χ1v) is 15.7. The highest BCUT2D eigenvalue weighted by molar-refractivity contribution is 9.10. The first-order valence-electron chi connectivity index (χ1n) is 11.2. The molecule has 0 spiro atoms. The summed E-state index contributed by atoms with van der Waals surface area (Å²) in [4.78, 5) is 0. The highest BCUT2D eigenvalue weighted by Gasteiger charge is 2.21. The average molecular weight is 504 g/mol. The quantitative estimate of drug-likeness (QED) is 0.260. The lowest BCUT2D eigenvalue weighted by molar-refractivity contribution is 0.0818. The van der Waals surface area contributed by atoms with Gasteiger partial charge in [0.25, 0.3) is 0 Å². The molecule has 166 valence electrons. The average Bonchev–Trinajstić information content (AvgIpc) is 3.02. The summed E-state index contributed by atoms with van der Waals surface area (Å²) in [5.74, 6) is 0.428. The molecule has 1 atom stereocenters. The van der Waals surface area contributed by atoms with Gasteiger partial charge in [-0.25, -0.2) is 9.07 Å². The summed E-state index contributed by atoms with van der Waals surface area (Å²) in [6.07, 6.45) is 3.52. The summed E-state index contributed by atoms with van der Waals surface area (Å²) < 4.78 is 22.6. The second-order valence-corrected chi connectivity index (χ2v) is 16.7. The third-order valence-electron chi connectivity index (χ3n) is 6.30. The maximum absolute atomic E-state index is 14.4. The van der Waals surface area contributed by atoms with Gasteiger partial charge in [-0.1, -0.05) is 26.6 Å². The summed E-state index contributed by atoms with van der Waals surface area (Å²) in [5.41, 5.74) is 7.03. The number of benzene rings is 2. The van der Waals surface area contributed by atoms with E-state index >= 15 is 0 Å². The number of halogens is 2. The number of fused-ring (bicyclic) bond motifs is 2. The fourth-order valence-electron chi connectivity index (χ4n) is 4.44. The molecule has 4 rings (SSSR count). The highest BCUT2D eigenvalue weighted by Crippen LogP contribution is 2.36. The Bertz CT molecular complexity index is 1120. The Hall–Kier alpha value is -1.50. The van der Waals surface area contributed by atoms with Crippen LogP contribution in [0.25, 0.3) is 22.2 Å². The maximum atomic E-state index is 14.4. The molecule has 1 aliphatic carbocycles. The minimum absolute atomic E-state index is 0.280. The molecule has 1 aliphatic rings. The van der Waals surface area contributed by atoms with Gasteiger partial charge in [0, 0.05) is 31.7 Å². The lowest BCUT2D eigenvalue weighted by atomic mass is 9.81. The first kappa shape index (κ1) is 22.7. The van der Waals surface area contributed by atoms with Gasteiger partial charge in [-0.15, -0.1) is 0 Å². The molecule has 1 unspecified atom stereocenters. The summed E-state index contributed by atoms with van der Waals surface area (Å²) in [6, 6.07) is 9.05. The van der Waals surface area contributed by atoms with Gasteiger partial charge < -0.3 is 4.74 Å². The van der Waals surface area contributed by atoms with Crippen LogP contribution in [-0.4, -0.2) is 24.5 Å². The van der Waals surface area contributed by atoms with E-state index in [1.807, 2.05) is 10.7 Å². The SMILES string of the molecule is Cc1cc(-c2nn(COCC[Si](C)(C)C)c3cc(F)c(Br)cc23)cc2c1CCC(C)C2. The van der Waals surface area contributed by atoms with Gasteiger partial charge in [-0.2, -0.15) is 5.10 Å². The molecular weight excluding hydrogens is 471 g/mol. The van der Waals surface area contributed by atoms with Gasteiger partial charge in [0.05, 0.1) is 9.99 Å². The van der Waals surface area contributed by atoms with Crippen molar-refractivity contribution in [3.05, 3.63) is 51.2 Å². The molecule has 0 bridgehead atoms. The molecule has 6 heteroatoms. The maximum Gasteiger partial charge on any atom is 0.140 e. The van der Waals surface area contributed by atoms with Crippen LogP contribution >= 0.6 is 15.9 Å². The standard InChI is InChI=1S/C25H32BrFN2OSi/c1-16-6-7-20-17(2)11-19(12-18(20)10-16)25-21-13-22(26)23(27)14-24(21)29(28-25)15-30-8-9-31(3,4)5/h11-14,16H,6-10,15H2,1-5H3. The van der Waals surface area contributed by atoms with Crippen molar-refractivity contribution in [1.82, 2.24) is 9.78 Å². The van der Waals surface area contributed by atoms with E-state index in [1.165, 1.54) is 23.1 Å². The van der Waals surface area contributed by atoms with Crippen LogP contribution in [-0.2, 0) is 24.3 Å². The molecule has 0 radical (unpaired) electrons. The fraction of sp³-hybridized carbons (Fsp3) is 0.480. The van der Waals surface area contributed by atoms with Crippen molar-refractivity contribution in [2.45, 2.75) is 65.5 Å². The second-order valence-electron chi connectivity index (χ2n) is 10.3. The van der Waals surface area contributed by atoms with E-state index in [-0.39, 0.29) is 5.82 Å². The van der Waals surface area contributed by atoms with E-state index in [9.17, 15) is 4.39 Å². The van der Waals surface area contributed by atoms with Gasteiger partial charge >= 0.3 is 0 Å². The van der Waals surface area contributed by atoms with E-state index < -0.39 is 8.07 Å². The predicted octanol–water partition coefficient (Wildman–Crippen LogP) is 7.35. The number of hydrogen-bond acceptors (Lipinski definition) is 2. The van der Waals surface area contributed by atoms with Crippen molar-refractivity contribution in [2.24, 2.45) is 5.92 Å².